The molecule has 2 aromatic heterocycles. The highest BCUT2D eigenvalue weighted by Crippen LogP contribution is 2.21. The molecule has 1 aromatic carbocycles. The van der Waals surface area contributed by atoms with E-state index in [1.807, 2.05) is 35.8 Å². The van der Waals surface area contributed by atoms with Gasteiger partial charge in [-0.3, -0.25) is 0 Å². The van der Waals surface area contributed by atoms with Crippen LogP contribution in [0.15, 0.2) is 48.0 Å². The Balaban J connectivity index is 1.75. The molecule has 0 unspecified atom stereocenters. The van der Waals surface area contributed by atoms with E-state index in [1.165, 1.54) is 0 Å². The van der Waals surface area contributed by atoms with E-state index in [0.29, 0.717) is 12.0 Å². The summed E-state index contributed by atoms with van der Waals surface area (Å²) in [7, 11) is -1.43. The van der Waals surface area contributed by atoms with Gasteiger partial charge in [-0.15, -0.1) is 16.4 Å². The summed E-state index contributed by atoms with van der Waals surface area (Å²) in [4.78, 5) is 1.09. The number of benzene rings is 1. The molecule has 0 fully saturated rings. The molecule has 100 valence electrons. The van der Waals surface area contributed by atoms with E-state index in [9.17, 15) is 0 Å². The first-order chi connectivity index (χ1) is 9.72. The normalized spacial score (nSPS) is 10.7. The van der Waals surface area contributed by atoms with E-state index < -0.39 is 7.12 Å². The molecule has 0 aliphatic carbocycles. The van der Waals surface area contributed by atoms with Gasteiger partial charge in [-0.05, 0) is 22.5 Å². The Hall–Kier alpha value is -1.96. The second-order valence-corrected chi connectivity index (χ2v) is 5.34. The molecule has 0 aliphatic heterocycles. The second-order valence-electron chi connectivity index (χ2n) is 4.39. The molecule has 7 heteroatoms. The summed E-state index contributed by atoms with van der Waals surface area (Å²) in [5, 5.41) is 28.3. The van der Waals surface area contributed by atoms with Crippen molar-refractivity contribution in [2.24, 2.45) is 0 Å². The van der Waals surface area contributed by atoms with Crippen LogP contribution in [0.25, 0.3) is 10.6 Å². The van der Waals surface area contributed by atoms with Crippen molar-refractivity contribution in [3.63, 3.8) is 0 Å². The monoisotopic (exact) mass is 285 g/mol. The van der Waals surface area contributed by atoms with Crippen LogP contribution in [0.5, 0.6) is 0 Å². The summed E-state index contributed by atoms with van der Waals surface area (Å²) in [6.07, 6.45) is 1.90. The summed E-state index contributed by atoms with van der Waals surface area (Å²) in [6, 6.07) is 11.1. The largest absolute Gasteiger partial charge is 0.488 e. The Bertz CT molecular complexity index is 680. The van der Waals surface area contributed by atoms with Gasteiger partial charge in [0.05, 0.1) is 17.6 Å². The van der Waals surface area contributed by atoms with Crippen LogP contribution in [0, 0.1) is 0 Å². The molecule has 0 amide bonds. The lowest BCUT2D eigenvalue weighted by Crippen LogP contribution is -2.29. The van der Waals surface area contributed by atoms with Crippen LogP contribution in [0.2, 0.25) is 0 Å². The quantitative estimate of drug-likeness (QED) is 0.693. The molecule has 0 radical (unpaired) electrons. The van der Waals surface area contributed by atoms with Gasteiger partial charge in [-0.25, -0.2) is 4.68 Å². The number of hydrogen-bond donors (Lipinski definition) is 2. The van der Waals surface area contributed by atoms with Crippen molar-refractivity contribution < 1.29 is 10.0 Å². The minimum atomic E-state index is -1.43. The first-order valence-corrected chi connectivity index (χ1v) is 6.99. The maximum Gasteiger partial charge on any atom is 0.488 e. The third kappa shape index (κ3) is 2.80. The minimum Gasteiger partial charge on any atom is -0.423 e. The molecule has 0 bridgehead atoms. The zero-order valence-electron chi connectivity index (χ0n) is 10.5. The van der Waals surface area contributed by atoms with Crippen LogP contribution in [0.1, 0.15) is 5.56 Å². The molecule has 0 atom stereocenters. The molecule has 20 heavy (non-hydrogen) atoms. The highest BCUT2D eigenvalue weighted by Gasteiger charge is 2.10. The summed E-state index contributed by atoms with van der Waals surface area (Å²) in [5.74, 6) is 0. The molecule has 3 rings (SSSR count). The molecule has 0 saturated heterocycles. The van der Waals surface area contributed by atoms with Crippen LogP contribution >= 0.6 is 11.3 Å². The average molecular weight is 285 g/mol. The summed E-state index contributed by atoms with van der Waals surface area (Å²) in [5.41, 5.74) is 2.37. The zero-order valence-corrected chi connectivity index (χ0v) is 11.4. The first-order valence-electron chi connectivity index (χ1n) is 6.11. The number of rotatable bonds is 4. The van der Waals surface area contributed by atoms with E-state index in [-0.39, 0.29) is 0 Å². The third-order valence-electron chi connectivity index (χ3n) is 2.93. The van der Waals surface area contributed by atoms with E-state index in [0.717, 1.165) is 16.1 Å². The first kappa shape index (κ1) is 13.0. The summed E-state index contributed by atoms with van der Waals surface area (Å²) < 4.78 is 1.76. The standard InChI is InChI=1S/C13H12BN3O2S/c18-14(19)11-5-3-10(4-6-11)8-17-9-12(15-16-17)13-2-1-7-20-13/h1-7,9,18-19H,8H2. The maximum atomic E-state index is 9.04. The van der Waals surface area contributed by atoms with Gasteiger partial charge < -0.3 is 10.0 Å². The molecule has 3 aromatic rings. The molecular formula is C13H12BN3O2S. The summed E-state index contributed by atoms with van der Waals surface area (Å²) >= 11 is 1.63. The highest BCUT2D eigenvalue weighted by atomic mass is 32.1. The topological polar surface area (TPSA) is 71.2 Å². The third-order valence-corrected chi connectivity index (χ3v) is 3.83. The van der Waals surface area contributed by atoms with E-state index in [1.54, 1.807) is 28.2 Å². The van der Waals surface area contributed by atoms with Crippen molar-refractivity contribution in [3.8, 4) is 10.6 Å². The maximum absolute atomic E-state index is 9.04. The zero-order chi connectivity index (χ0) is 13.9. The minimum absolute atomic E-state index is 0.478. The Morgan fingerprint density at radius 3 is 2.60 bits per heavy atom. The second kappa shape index (κ2) is 5.58. The van der Waals surface area contributed by atoms with Gasteiger partial charge in [-0.1, -0.05) is 35.5 Å². The number of hydrogen-bond acceptors (Lipinski definition) is 5. The molecule has 0 aliphatic rings. The number of aromatic nitrogens is 3. The van der Waals surface area contributed by atoms with Crippen LogP contribution < -0.4 is 5.46 Å². The molecule has 2 heterocycles. The predicted molar refractivity (Wildman–Crippen MR) is 78.7 cm³/mol. The molecule has 0 saturated carbocycles. The summed E-state index contributed by atoms with van der Waals surface area (Å²) in [6.45, 7) is 0.597. The van der Waals surface area contributed by atoms with Crippen LogP contribution in [0.3, 0.4) is 0 Å². The van der Waals surface area contributed by atoms with Crippen molar-refractivity contribution in [1.29, 1.82) is 0 Å². The predicted octanol–water partition coefficient (Wildman–Crippen LogP) is 0.735. The number of nitrogens with zero attached hydrogens (tertiary/aromatic N) is 3. The fourth-order valence-corrected chi connectivity index (χ4v) is 2.57. The van der Waals surface area contributed by atoms with Gasteiger partial charge in [0.15, 0.2) is 0 Å². The Morgan fingerprint density at radius 1 is 1.15 bits per heavy atom. The van der Waals surface area contributed by atoms with Gasteiger partial charge in [0.25, 0.3) is 0 Å². The molecule has 0 spiro atoms. The molecular weight excluding hydrogens is 273 g/mol. The highest BCUT2D eigenvalue weighted by molar-refractivity contribution is 7.13. The van der Waals surface area contributed by atoms with E-state index >= 15 is 0 Å². The van der Waals surface area contributed by atoms with Gasteiger partial charge in [0.1, 0.15) is 5.69 Å². The van der Waals surface area contributed by atoms with Gasteiger partial charge >= 0.3 is 7.12 Å². The fourth-order valence-electron chi connectivity index (χ4n) is 1.90. The Morgan fingerprint density at radius 2 is 1.95 bits per heavy atom. The van der Waals surface area contributed by atoms with Crippen LogP contribution in [-0.4, -0.2) is 32.2 Å². The van der Waals surface area contributed by atoms with E-state index in [2.05, 4.69) is 10.3 Å². The van der Waals surface area contributed by atoms with Crippen molar-refractivity contribution >= 4 is 23.9 Å². The lowest BCUT2D eigenvalue weighted by Gasteiger charge is -2.03. The average Bonchev–Trinajstić information content (AvgIpc) is 3.09. The van der Waals surface area contributed by atoms with Gasteiger partial charge in [0.2, 0.25) is 0 Å². The van der Waals surface area contributed by atoms with Crippen LogP contribution in [0.4, 0.5) is 0 Å². The molecule has 2 N–H and O–H groups in total. The van der Waals surface area contributed by atoms with Crippen LogP contribution in [-0.2, 0) is 6.54 Å². The van der Waals surface area contributed by atoms with Crippen molar-refractivity contribution in [3.05, 3.63) is 53.5 Å². The van der Waals surface area contributed by atoms with Crippen molar-refractivity contribution in [2.75, 3.05) is 0 Å². The molecule has 5 nitrogen and oxygen atoms in total. The smallest absolute Gasteiger partial charge is 0.423 e. The number of thiophene rings is 1. The Kier molecular flexibility index (Phi) is 3.64. The lowest BCUT2D eigenvalue weighted by molar-refractivity contribution is 0.426. The van der Waals surface area contributed by atoms with Gasteiger partial charge in [0, 0.05) is 0 Å². The van der Waals surface area contributed by atoms with Crippen molar-refractivity contribution in [1.82, 2.24) is 15.0 Å². The SMILES string of the molecule is OB(O)c1ccc(Cn2cc(-c3cccs3)nn2)cc1. The Labute approximate surface area is 120 Å². The lowest BCUT2D eigenvalue weighted by atomic mass is 9.80. The van der Waals surface area contributed by atoms with Gasteiger partial charge in [-0.2, -0.15) is 0 Å². The fraction of sp³-hybridized carbons (Fsp3) is 0.0769. The van der Waals surface area contributed by atoms with E-state index in [4.69, 9.17) is 10.0 Å². The van der Waals surface area contributed by atoms with Crippen molar-refractivity contribution in [2.45, 2.75) is 6.54 Å².